The summed E-state index contributed by atoms with van der Waals surface area (Å²) >= 11 is 0. The molecule has 0 aliphatic rings. The van der Waals surface area contributed by atoms with Gasteiger partial charge in [-0.25, -0.2) is 0 Å². The Labute approximate surface area is 174 Å². The van der Waals surface area contributed by atoms with Gasteiger partial charge in [0.15, 0.2) is 0 Å². The third-order valence-corrected chi connectivity index (χ3v) is 0. The first kappa shape index (κ1) is 90.3. The molecule has 0 saturated carbocycles. The van der Waals surface area contributed by atoms with Crippen molar-refractivity contribution in [3.05, 3.63) is 0 Å². The zero-order valence-corrected chi connectivity index (χ0v) is 17.0. The van der Waals surface area contributed by atoms with Crippen molar-refractivity contribution in [1.29, 1.82) is 0 Å². The van der Waals surface area contributed by atoms with Crippen molar-refractivity contribution in [2.75, 3.05) is 0 Å². The minimum Gasteiger partial charge on any atom is -2.00 e. The normalized spacial score (nSPS) is 0. The van der Waals surface area contributed by atoms with Crippen molar-refractivity contribution in [2.24, 2.45) is 0 Å². The second-order valence-corrected chi connectivity index (χ2v) is 0. The van der Waals surface area contributed by atoms with Crippen molar-refractivity contribution in [3.63, 3.8) is 0 Å². The monoisotopic (exact) mass is 740 g/mol. The van der Waals surface area contributed by atoms with E-state index in [1.807, 2.05) is 0 Å². The maximum atomic E-state index is 0. The van der Waals surface area contributed by atoms with Crippen LogP contribution in [0.5, 0.6) is 0 Å². The van der Waals surface area contributed by atoms with Crippen molar-refractivity contribution in [3.8, 4) is 0 Å². The molecule has 0 N–H and O–H groups in total. The van der Waals surface area contributed by atoms with Gasteiger partial charge in [-0.1, -0.05) is 0 Å². The van der Waals surface area contributed by atoms with Gasteiger partial charge < -0.3 is 16.4 Å². The average molecular weight is 740 g/mol. The van der Waals surface area contributed by atoms with Gasteiger partial charge >= 0.3 is 117 Å². The Balaban J connectivity index is 0. The molecule has 0 fully saturated rings. The van der Waals surface area contributed by atoms with Crippen molar-refractivity contribution in [2.45, 2.75) is 0 Å². The molecule has 42 valence electrons. The predicted molar refractivity (Wildman–Crippen MR) is 19.1 cm³/mol. The smallest absolute Gasteiger partial charge is 2.00 e. The van der Waals surface area contributed by atoms with Crippen molar-refractivity contribution < 1.29 is 132 Å². The zero-order chi connectivity index (χ0) is 0. The summed E-state index contributed by atoms with van der Waals surface area (Å²) in [5, 5.41) is 0. The van der Waals surface area contributed by atoms with E-state index in [-0.39, 0.29) is 178 Å². The Morgan fingerprint density at radius 2 is 0.444 bits per heavy atom. The van der Waals surface area contributed by atoms with Crippen LogP contribution < -0.4 is 0 Å². The molecule has 9 heavy (non-hydrogen) atoms. The summed E-state index contributed by atoms with van der Waals surface area (Å²) in [6, 6.07) is 0. The Morgan fingerprint density at radius 3 is 0.444 bits per heavy atom. The van der Waals surface area contributed by atoms with Gasteiger partial charge in [0, 0.05) is 44.8 Å². The summed E-state index contributed by atoms with van der Waals surface area (Å²) in [4.78, 5) is 0. The molecule has 0 saturated heterocycles. The van der Waals surface area contributed by atoms with Crippen LogP contribution in [0.1, 0.15) is 0 Å². The number of hydrogen-bond donors (Lipinski definition) is 0. The first-order valence-corrected chi connectivity index (χ1v) is 0. The van der Waals surface area contributed by atoms with Gasteiger partial charge in [-0.15, -0.1) is 0 Å². The van der Waals surface area contributed by atoms with Gasteiger partial charge in [-0.2, -0.15) is 0 Å². The van der Waals surface area contributed by atoms with Crippen LogP contribution in [0.2, 0.25) is 0 Å². The Bertz CT molecular complexity index is 17.8. The standard InChI is InChI=1S/2La.2Mg.3O.2Ta.4H/q2*+3;;;3*-2;;;;;;. The molecule has 0 aromatic rings. The first-order valence-electron chi connectivity index (χ1n) is 0. The molecule has 0 unspecified atom stereocenters. The van der Waals surface area contributed by atoms with E-state index in [9.17, 15) is 0 Å². The molecule has 0 aromatic heterocycles. The molecule has 0 aliphatic heterocycles. The fourth-order valence-corrected chi connectivity index (χ4v) is 0. The Morgan fingerprint density at radius 1 is 0.444 bits per heavy atom. The quantitative estimate of drug-likeness (QED) is 0.253. The van der Waals surface area contributed by atoms with E-state index in [0.29, 0.717) is 0 Å². The van der Waals surface area contributed by atoms with Crippen molar-refractivity contribution in [1.82, 2.24) is 0 Å². The molecule has 0 rings (SSSR count). The van der Waals surface area contributed by atoms with Gasteiger partial charge in [0.05, 0.1) is 0 Å². The molecule has 0 heterocycles. The average Bonchev–Trinajstić information content (AvgIpc) is 0. The van der Waals surface area contributed by atoms with Crippen LogP contribution in [-0.4, -0.2) is 46.1 Å². The van der Waals surface area contributed by atoms with Gasteiger partial charge in [-0.3, -0.25) is 0 Å². The fourth-order valence-electron chi connectivity index (χ4n) is 0. The SMILES string of the molecule is [La+3].[La+3].[MgH2].[MgH2].[O-2].[O-2].[O-2].[Ta].[Ta]. The van der Waals surface area contributed by atoms with Crippen molar-refractivity contribution >= 4 is 46.1 Å². The largest absolute Gasteiger partial charge is 3.00 e. The van der Waals surface area contributed by atoms with Gasteiger partial charge in [0.2, 0.25) is 0 Å². The molecular weight excluding hydrogens is 736 g/mol. The molecule has 2 radical (unpaired) electrons. The van der Waals surface area contributed by atoms with Crippen LogP contribution in [0, 0.1) is 71.2 Å². The van der Waals surface area contributed by atoms with Crippen LogP contribution in [-0.2, 0) is 61.2 Å². The predicted octanol–water partition coefficient (Wildman–Crippen LogP) is -2.19. The number of hydrogen-bond acceptors (Lipinski definition) is 0. The molecule has 0 amide bonds. The summed E-state index contributed by atoms with van der Waals surface area (Å²) in [6.07, 6.45) is 0. The van der Waals surface area contributed by atoms with E-state index in [0.717, 1.165) is 0 Å². The second kappa shape index (κ2) is 71.8. The fraction of sp³-hybridized carbons (Fsp3) is 0. The van der Waals surface area contributed by atoms with Crippen LogP contribution in [0.15, 0.2) is 0 Å². The number of rotatable bonds is 0. The minimum atomic E-state index is 0. The minimum absolute atomic E-state index is 0. The molecule has 0 spiro atoms. The zero-order valence-electron chi connectivity index (χ0n) is 3.27. The van der Waals surface area contributed by atoms with E-state index in [1.165, 1.54) is 0 Å². The summed E-state index contributed by atoms with van der Waals surface area (Å²) in [6.45, 7) is 0. The third kappa shape index (κ3) is 60.6. The van der Waals surface area contributed by atoms with Crippen LogP contribution in [0.3, 0.4) is 0 Å². The van der Waals surface area contributed by atoms with E-state index in [2.05, 4.69) is 0 Å². The molecule has 3 nitrogen and oxygen atoms in total. The molecule has 9 heteroatoms. The summed E-state index contributed by atoms with van der Waals surface area (Å²) < 4.78 is 0. The van der Waals surface area contributed by atoms with E-state index >= 15 is 0 Å². The summed E-state index contributed by atoms with van der Waals surface area (Å²) in [5.41, 5.74) is 0. The molecule has 0 aliphatic carbocycles. The van der Waals surface area contributed by atoms with Gasteiger partial charge in [0.25, 0.3) is 0 Å². The Hall–Kier alpha value is 5.28. The van der Waals surface area contributed by atoms with Gasteiger partial charge in [-0.05, 0) is 0 Å². The van der Waals surface area contributed by atoms with Crippen LogP contribution in [0.4, 0.5) is 0 Å². The molecule has 0 aromatic carbocycles. The van der Waals surface area contributed by atoms with E-state index in [4.69, 9.17) is 0 Å². The molecule has 0 bridgehead atoms. The molecular formula is H4La2Mg2O3Ta2. The third-order valence-electron chi connectivity index (χ3n) is 0. The van der Waals surface area contributed by atoms with Crippen LogP contribution >= 0.6 is 0 Å². The summed E-state index contributed by atoms with van der Waals surface area (Å²) in [7, 11) is 0. The first-order chi connectivity index (χ1) is 0. The molecule has 0 atom stereocenters. The maximum absolute atomic E-state index is 0. The summed E-state index contributed by atoms with van der Waals surface area (Å²) in [5.74, 6) is 0. The van der Waals surface area contributed by atoms with Gasteiger partial charge in [0.1, 0.15) is 0 Å². The maximum Gasteiger partial charge on any atom is 3.00 e. The van der Waals surface area contributed by atoms with E-state index < -0.39 is 0 Å². The van der Waals surface area contributed by atoms with Crippen LogP contribution in [0.25, 0.3) is 0 Å². The topological polar surface area (TPSA) is 85.5 Å². The second-order valence-electron chi connectivity index (χ2n) is 0. The Kier molecular flexibility index (Phi) is 720. The van der Waals surface area contributed by atoms with E-state index in [1.54, 1.807) is 0 Å².